The van der Waals surface area contributed by atoms with E-state index in [1.54, 1.807) is 23.6 Å². The van der Waals surface area contributed by atoms with Gasteiger partial charge in [0.05, 0.1) is 5.69 Å². The van der Waals surface area contributed by atoms with Gasteiger partial charge in [-0.05, 0) is 41.8 Å². The molecule has 33 heavy (non-hydrogen) atoms. The second-order valence-corrected chi connectivity index (χ2v) is 10.2. The van der Waals surface area contributed by atoms with Crippen molar-refractivity contribution in [2.75, 3.05) is 18.0 Å². The molecule has 1 saturated heterocycles. The van der Waals surface area contributed by atoms with Crippen molar-refractivity contribution in [1.29, 1.82) is 0 Å². The molecule has 0 radical (unpaired) electrons. The van der Waals surface area contributed by atoms with E-state index in [1.165, 1.54) is 0 Å². The van der Waals surface area contributed by atoms with Crippen molar-refractivity contribution in [3.63, 3.8) is 0 Å². The third-order valence-electron chi connectivity index (χ3n) is 6.44. The van der Waals surface area contributed by atoms with Gasteiger partial charge < -0.3 is 10.2 Å². The van der Waals surface area contributed by atoms with Crippen LogP contribution in [0.3, 0.4) is 0 Å². The summed E-state index contributed by atoms with van der Waals surface area (Å²) in [5, 5.41) is 5.11. The summed E-state index contributed by atoms with van der Waals surface area (Å²) in [6.45, 7) is 4.11. The normalized spacial score (nSPS) is 22.8. The van der Waals surface area contributed by atoms with Crippen LogP contribution in [0.4, 0.5) is 10.5 Å². The van der Waals surface area contributed by atoms with Crippen LogP contribution in [0.25, 0.3) is 10.8 Å². The fourth-order valence-electron chi connectivity index (χ4n) is 4.65. The number of urea groups is 1. The van der Waals surface area contributed by atoms with Gasteiger partial charge in [-0.3, -0.25) is 14.5 Å². The molecule has 5 rings (SSSR count). The van der Waals surface area contributed by atoms with E-state index < -0.39 is 17.5 Å². The van der Waals surface area contributed by atoms with Crippen molar-refractivity contribution < 1.29 is 14.4 Å². The minimum atomic E-state index is -1.24. The van der Waals surface area contributed by atoms with E-state index in [4.69, 9.17) is 0 Å². The molecule has 3 aromatic rings. The Morgan fingerprint density at radius 2 is 1.79 bits per heavy atom. The molecule has 3 aromatic carbocycles. The van der Waals surface area contributed by atoms with E-state index in [0.717, 1.165) is 38.2 Å². The standard InChI is InChI=1S/C26H25N3O3S/c1-17-14-15-28(21-12-5-6-13-22(21)33-17)23(30)16-29-24(31)26(2,27-25(29)32)20-11-7-9-18-8-3-4-10-19(18)20/h3-13,17H,14-16H2,1-2H3,(H,27,32)/t17-,26-/m1/s1. The molecule has 7 heteroatoms. The lowest BCUT2D eigenvalue weighted by Crippen LogP contribution is -2.45. The van der Waals surface area contributed by atoms with Crippen LogP contribution in [0.2, 0.25) is 0 Å². The predicted molar refractivity (Wildman–Crippen MR) is 130 cm³/mol. The first kappa shape index (κ1) is 21.5. The van der Waals surface area contributed by atoms with Gasteiger partial charge in [-0.15, -0.1) is 11.8 Å². The summed E-state index contributed by atoms with van der Waals surface area (Å²) in [7, 11) is 0. The Bertz CT molecular complexity index is 1270. The second-order valence-electron chi connectivity index (χ2n) is 8.70. The highest BCUT2D eigenvalue weighted by atomic mass is 32.2. The van der Waals surface area contributed by atoms with Crippen molar-refractivity contribution in [3.05, 3.63) is 72.3 Å². The van der Waals surface area contributed by atoms with E-state index in [2.05, 4.69) is 12.2 Å². The number of carbonyl (C=O) groups is 3. The maximum atomic E-state index is 13.5. The Hall–Kier alpha value is -3.32. The summed E-state index contributed by atoms with van der Waals surface area (Å²) in [5.74, 6) is -0.675. The molecule has 2 aliphatic rings. The molecule has 1 N–H and O–H groups in total. The average molecular weight is 460 g/mol. The smallest absolute Gasteiger partial charge is 0.319 e. The third-order valence-corrected chi connectivity index (χ3v) is 7.68. The molecular formula is C26H25N3O3S. The summed E-state index contributed by atoms with van der Waals surface area (Å²) in [6, 6.07) is 20.7. The molecule has 0 unspecified atom stereocenters. The largest absolute Gasteiger partial charge is 0.325 e. The molecule has 0 spiro atoms. The van der Waals surface area contributed by atoms with Crippen LogP contribution in [0.15, 0.2) is 71.6 Å². The number of hydrogen-bond acceptors (Lipinski definition) is 4. The highest BCUT2D eigenvalue weighted by Crippen LogP contribution is 2.38. The van der Waals surface area contributed by atoms with Crippen LogP contribution >= 0.6 is 11.8 Å². The van der Waals surface area contributed by atoms with Gasteiger partial charge in [-0.1, -0.05) is 61.5 Å². The Morgan fingerprint density at radius 1 is 1.06 bits per heavy atom. The summed E-state index contributed by atoms with van der Waals surface area (Å²) in [4.78, 5) is 43.6. The molecule has 0 aliphatic carbocycles. The Balaban J connectivity index is 1.44. The molecule has 0 saturated carbocycles. The van der Waals surface area contributed by atoms with Gasteiger partial charge in [0, 0.05) is 16.7 Å². The topological polar surface area (TPSA) is 69.7 Å². The molecule has 0 aromatic heterocycles. The van der Waals surface area contributed by atoms with Gasteiger partial charge in [0.1, 0.15) is 12.1 Å². The van der Waals surface area contributed by atoms with Gasteiger partial charge in [0.2, 0.25) is 5.91 Å². The Labute approximate surface area is 196 Å². The quantitative estimate of drug-likeness (QED) is 0.585. The number of carbonyl (C=O) groups excluding carboxylic acids is 3. The van der Waals surface area contributed by atoms with Crippen LogP contribution in [0.5, 0.6) is 0 Å². The van der Waals surface area contributed by atoms with E-state index in [1.807, 2.05) is 66.7 Å². The first-order valence-electron chi connectivity index (χ1n) is 11.1. The van der Waals surface area contributed by atoms with Crippen LogP contribution in [-0.4, -0.2) is 41.1 Å². The molecule has 2 aliphatic heterocycles. The number of rotatable bonds is 3. The number of thioether (sulfide) groups is 1. The monoisotopic (exact) mass is 459 g/mol. The van der Waals surface area contributed by atoms with Crippen molar-refractivity contribution in [3.8, 4) is 0 Å². The fraction of sp³-hybridized carbons (Fsp3) is 0.269. The molecule has 2 heterocycles. The Morgan fingerprint density at radius 3 is 2.64 bits per heavy atom. The lowest BCUT2D eigenvalue weighted by molar-refractivity contribution is -0.134. The molecule has 168 valence electrons. The minimum Gasteiger partial charge on any atom is -0.319 e. The minimum absolute atomic E-state index is 0.261. The summed E-state index contributed by atoms with van der Waals surface area (Å²) < 4.78 is 0. The number of hydrogen-bond donors (Lipinski definition) is 1. The van der Waals surface area contributed by atoms with Gasteiger partial charge in [-0.25, -0.2) is 4.79 Å². The summed E-state index contributed by atoms with van der Waals surface area (Å²) in [5.41, 5.74) is 0.319. The number of imide groups is 1. The Kier molecular flexibility index (Phi) is 5.37. The van der Waals surface area contributed by atoms with Gasteiger partial charge in [-0.2, -0.15) is 0 Å². The van der Waals surface area contributed by atoms with Crippen molar-refractivity contribution in [1.82, 2.24) is 10.2 Å². The molecule has 1 fully saturated rings. The molecule has 4 amide bonds. The summed E-state index contributed by atoms with van der Waals surface area (Å²) in [6.07, 6.45) is 0.832. The molecule has 2 atom stereocenters. The van der Waals surface area contributed by atoms with Crippen molar-refractivity contribution >= 4 is 46.1 Å². The lowest BCUT2D eigenvalue weighted by Gasteiger charge is -2.26. The fourth-order valence-corrected chi connectivity index (χ4v) is 5.76. The predicted octanol–water partition coefficient (Wildman–Crippen LogP) is 4.52. The highest BCUT2D eigenvalue weighted by Gasteiger charge is 2.50. The first-order chi connectivity index (χ1) is 15.9. The zero-order valence-electron chi connectivity index (χ0n) is 18.6. The van der Waals surface area contributed by atoms with Crippen molar-refractivity contribution in [2.45, 2.75) is 36.0 Å². The maximum absolute atomic E-state index is 13.5. The van der Waals surface area contributed by atoms with E-state index >= 15 is 0 Å². The average Bonchev–Trinajstić information content (AvgIpc) is 2.94. The zero-order chi connectivity index (χ0) is 23.2. The van der Waals surface area contributed by atoms with Crippen LogP contribution < -0.4 is 10.2 Å². The van der Waals surface area contributed by atoms with Crippen LogP contribution in [-0.2, 0) is 15.1 Å². The second kappa shape index (κ2) is 8.23. The molecule has 6 nitrogen and oxygen atoms in total. The van der Waals surface area contributed by atoms with Crippen LogP contribution in [0.1, 0.15) is 25.8 Å². The maximum Gasteiger partial charge on any atom is 0.325 e. The van der Waals surface area contributed by atoms with Gasteiger partial charge >= 0.3 is 6.03 Å². The third kappa shape index (κ3) is 3.66. The first-order valence-corrected chi connectivity index (χ1v) is 11.9. The van der Waals surface area contributed by atoms with Crippen molar-refractivity contribution in [2.24, 2.45) is 0 Å². The number of benzene rings is 3. The van der Waals surface area contributed by atoms with E-state index in [9.17, 15) is 14.4 Å². The number of nitrogens with one attached hydrogen (secondary N) is 1. The van der Waals surface area contributed by atoms with Gasteiger partial charge in [0.25, 0.3) is 5.91 Å². The molecule has 0 bridgehead atoms. The highest BCUT2D eigenvalue weighted by molar-refractivity contribution is 8.00. The lowest BCUT2D eigenvalue weighted by atomic mass is 9.88. The number of amides is 4. The number of fused-ring (bicyclic) bond motifs is 2. The zero-order valence-corrected chi connectivity index (χ0v) is 19.4. The number of para-hydroxylation sites is 1. The van der Waals surface area contributed by atoms with E-state index in [-0.39, 0.29) is 12.5 Å². The SMILES string of the molecule is C[C@@H]1CCN(C(=O)CN2C(=O)N[C@](C)(c3cccc4ccccc34)C2=O)c2ccccc2S1. The van der Waals surface area contributed by atoms with Crippen LogP contribution in [0, 0.1) is 0 Å². The molecular weight excluding hydrogens is 434 g/mol. The van der Waals surface area contributed by atoms with E-state index in [0.29, 0.717) is 11.8 Å². The number of anilines is 1. The summed E-state index contributed by atoms with van der Waals surface area (Å²) >= 11 is 1.74. The number of nitrogens with zero attached hydrogens (tertiary/aromatic N) is 2. The van der Waals surface area contributed by atoms with Gasteiger partial charge in [0.15, 0.2) is 0 Å².